The molecule has 0 aliphatic heterocycles. The summed E-state index contributed by atoms with van der Waals surface area (Å²) in [4.78, 5) is 0.828. The Labute approximate surface area is 127 Å². The Morgan fingerprint density at radius 2 is 2.00 bits per heavy atom. The molecule has 0 saturated heterocycles. The first-order chi connectivity index (χ1) is 9.84. The molecule has 1 heterocycles. The molecule has 114 valence electrons. The summed E-state index contributed by atoms with van der Waals surface area (Å²) in [5.74, 6) is -0.889. The maximum Gasteiger partial charge on any atom is 0.128 e. The number of rotatable bonds is 4. The molecule has 2 rings (SSSR count). The van der Waals surface area contributed by atoms with Gasteiger partial charge >= 0.3 is 0 Å². The van der Waals surface area contributed by atoms with Gasteiger partial charge in [-0.25, -0.2) is 8.78 Å². The van der Waals surface area contributed by atoms with Crippen molar-refractivity contribution in [2.45, 2.75) is 39.2 Å². The topological polar surface area (TPSA) is 37.8 Å². The maximum atomic E-state index is 14.1. The largest absolute Gasteiger partial charge is 0.306 e. The molecule has 2 aromatic rings. The Bertz CT molecular complexity index is 620. The van der Waals surface area contributed by atoms with E-state index >= 15 is 0 Å². The van der Waals surface area contributed by atoms with Crippen LogP contribution in [0.3, 0.4) is 0 Å². The molecule has 1 unspecified atom stereocenters. The summed E-state index contributed by atoms with van der Waals surface area (Å²) < 4.78 is 31.6. The second-order valence-electron chi connectivity index (χ2n) is 5.89. The number of aromatic nitrogens is 2. The lowest BCUT2D eigenvalue weighted by atomic mass is 9.88. The highest BCUT2D eigenvalue weighted by atomic mass is 32.1. The van der Waals surface area contributed by atoms with Gasteiger partial charge in [-0.05, 0) is 36.3 Å². The van der Waals surface area contributed by atoms with Crippen molar-refractivity contribution in [3.63, 3.8) is 0 Å². The van der Waals surface area contributed by atoms with Crippen molar-refractivity contribution in [3.05, 3.63) is 46.0 Å². The van der Waals surface area contributed by atoms with Crippen molar-refractivity contribution >= 4 is 11.5 Å². The Balaban J connectivity index is 2.54. The Hall–Kier alpha value is -1.40. The molecule has 21 heavy (non-hydrogen) atoms. The molecule has 1 N–H and O–H groups in total. The lowest BCUT2D eigenvalue weighted by molar-refractivity contribution is 0.523. The molecule has 0 aliphatic rings. The number of benzene rings is 1. The van der Waals surface area contributed by atoms with Crippen molar-refractivity contribution in [3.8, 4) is 0 Å². The standard InChI is InChI=1S/C15H19F2N3S/c1-5-18-12(10-8-9(16)6-7-11(10)17)13-14(15(2,3)4)19-20-21-13/h6-8,12,18H,5H2,1-4H3. The van der Waals surface area contributed by atoms with Gasteiger partial charge in [0.2, 0.25) is 0 Å². The van der Waals surface area contributed by atoms with Crippen LogP contribution in [0.25, 0.3) is 0 Å². The molecule has 0 bridgehead atoms. The first-order valence-electron chi connectivity index (χ1n) is 6.85. The molecule has 0 fully saturated rings. The van der Waals surface area contributed by atoms with E-state index in [0.717, 1.165) is 22.7 Å². The van der Waals surface area contributed by atoms with Crippen LogP contribution in [0.5, 0.6) is 0 Å². The summed E-state index contributed by atoms with van der Waals surface area (Å²) in [5.41, 5.74) is 0.885. The van der Waals surface area contributed by atoms with Crippen LogP contribution in [-0.4, -0.2) is 16.1 Å². The number of nitrogens with one attached hydrogen (secondary N) is 1. The van der Waals surface area contributed by atoms with Crippen LogP contribution in [0.15, 0.2) is 18.2 Å². The summed E-state index contributed by atoms with van der Waals surface area (Å²) in [7, 11) is 0. The molecule has 0 saturated carbocycles. The van der Waals surface area contributed by atoms with Crippen LogP contribution in [0.4, 0.5) is 8.78 Å². The fraction of sp³-hybridized carbons (Fsp3) is 0.467. The Kier molecular flexibility index (Phi) is 4.68. The SMILES string of the molecule is CCNC(c1cc(F)ccc1F)c1snnc1C(C)(C)C. The van der Waals surface area contributed by atoms with E-state index in [9.17, 15) is 8.78 Å². The van der Waals surface area contributed by atoms with Crippen LogP contribution in [0.1, 0.15) is 49.9 Å². The van der Waals surface area contributed by atoms with E-state index in [-0.39, 0.29) is 11.0 Å². The Morgan fingerprint density at radius 1 is 1.29 bits per heavy atom. The van der Waals surface area contributed by atoms with E-state index in [4.69, 9.17) is 0 Å². The van der Waals surface area contributed by atoms with Gasteiger partial charge in [0.05, 0.1) is 16.6 Å². The monoisotopic (exact) mass is 311 g/mol. The van der Waals surface area contributed by atoms with Gasteiger partial charge in [-0.1, -0.05) is 32.2 Å². The van der Waals surface area contributed by atoms with Crippen LogP contribution in [0.2, 0.25) is 0 Å². The molecule has 1 aromatic heterocycles. The van der Waals surface area contributed by atoms with Gasteiger partial charge in [-0.15, -0.1) is 5.10 Å². The number of hydrogen-bond acceptors (Lipinski definition) is 4. The van der Waals surface area contributed by atoms with Crippen molar-refractivity contribution in [2.75, 3.05) is 6.54 Å². The smallest absolute Gasteiger partial charge is 0.128 e. The average Bonchev–Trinajstić information content (AvgIpc) is 2.88. The zero-order chi connectivity index (χ0) is 15.6. The highest BCUT2D eigenvalue weighted by Gasteiger charge is 2.29. The zero-order valence-corrected chi connectivity index (χ0v) is 13.4. The molecular formula is C15H19F2N3S. The summed E-state index contributed by atoms with van der Waals surface area (Å²) >= 11 is 1.22. The van der Waals surface area contributed by atoms with Crippen LogP contribution < -0.4 is 5.32 Å². The summed E-state index contributed by atoms with van der Waals surface area (Å²) in [6.07, 6.45) is 0. The average molecular weight is 311 g/mol. The van der Waals surface area contributed by atoms with Crippen molar-refractivity contribution in [2.24, 2.45) is 0 Å². The predicted molar refractivity (Wildman–Crippen MR) is 80.5 cm³/mol. The van der Waals surface area contributed by atoms with Crippen LogP contribution >= 0.6 is 11.5 Å². The van der Waals surface area contributed by atoms with Crippen LogP contribution in [-0.2, 0) is 5.41 Å². The van der Waals surface area contributed by atoms with Gasteiger partial charge in [-0.3, -0.25) is 0 Å². The van der Waals surface area contributed by atoms with E-state index in [1.54, 1.807) is 0 Å². The van der Waals surface area contributed by atoms with E-state index in [0.29, 0.717) is 6.54 Å². The van der Waals surface area contributed by atoms with E-state index in [2.05, 4.69) is 14.9 Å². The molecular weight excluding hydrogens is 292 g/mol. The fourth-order valence-electron chi connectivity index (χ4n) is 2.19. The molecule has 1 aromatic carbocycles. The maximum absolute atomic E-state index is 14.1. The van der Waals surface area contributed by atoms with Gasteiger partial charge in [0.25, 0.3) is 0 Å². The van der Waals surface area contributed by atoms with E-state index in [1.165, 1.54) is 17.6 Å². The zero-order valence-electron chi connectivity index (χ0n) is 12.6. The lowest BCUT2D eigenvalue weighted by Crippen LogP contribution is -2.26. The normalized spacial score (nSPS) is 13.4. The quantitative estimate of drug-likeness (QED) is 0.933. The highest BCUT2D eigenvalue weighted by molar-refractivity contribution is 7.05. The van der Waals surface area contributed by atoms with Crippen LogP contribution in [0, 0.1) is 11.6 Å². The third kappa shape index (κ3) is 3.44. The first-order valence-corrected chi connectivity index (χ1v) is 7.63. The third-order valence-electron chi connectivity index (χ3n) is 3.16. The van der Waals surface area contributed by atoms with Crippen molar-refractivity contribution < 1.29 is 8.78 Å². The van der Waals surface area contributed by atoms with Gasteiger partial charge in [-0.2, -0.15) is 0 Å². The molecule has 0 amide bonds. The lowest BCUT2D eigenvalue weighted by Gasteiger charge is -2.23. The van der Waals surface area contributed by atoms with E-state index in [1.807, 2.05) is 27.7 Å². The second kappa shape index (κ2) is 6.15. The minimum absolute atomic E-state index is 0.209. The minimum atomic E-state index is -0.455. The summed E-state index contributed by atoms with van der Waals surface area (Å²) in [6, 6.07) is 3.06. The van der Waals surface area contributed by atoms with Gasteiger partial charge in [0.1, 0.15) is 11.6 Å². The number of halogens is 2. The third-order valence-corrected chi connectivity index (χ3v) is 3.95. The van der Waals surface area contributed by atoms with Crippen molar-refractivity contribution in [1.29, 1.82) is 0 Å². The Morgan fingerprint density at radius 3 is 2.62 bits per heavy atom. The molecule has 0 radical (unpaired) electrons. The second-order valence-corrected chi connectivity index (χ2v) is 6.68. The highest BCUT2D eigenvalue weighted by Crippen LogP contribution is 2.34. The number of nitrogens with zero attached hydrogens (tertiary/aromatic N) is 2. The summed E-state index contributed by atoms with van der Waals surface area (Å²) in [6.45, 7) is 8.63. The molecule has 6 heteroatoms. The first kappa shape index (κ1) is 16.0. The molecule has 0 aliphatic carbocycles. The minimum Gasteiger partial charge on any atom is -0.306 e. The van der Waals surface area contributed by atoms with Gasteiger partial charge in [0.15, 0.2) is 0 Å². The fourth-order valence-corrected chi connectivity index (χ4v) is 3.15. The molecule has 0 spiro atoms. The van der Waals surface area contributed by atoms with E-state index < -0.39 is 17.7 Å². The molecule has 3 nitrogen and oxygen atoms in total. The summed E-state index contributed by atoms with van der Waals surface area (Å²) in [5, 5.41) is 7.39. The van der Waals surface area contributed by atoms with Crippen molar-refractivity contribution in [1.82, 2.24) is 14.9 Å². The number of hydrogen-bond donors (Lipinski definition) is 1. The van der Waals surface area contributed by atoms with Gasteiger partial charge in [0, 0.05) is 11.0 Å². The predicted octanol–water partition coefficient (Wildman–Crippen LogP) is 3.81. The molecule has 1 atom stereocenters. The van der Waals surface area contributed by atoms with Gasteiger partial charge < -0.3 is 5.32 Å².